The molecule has 7 rings (SSSR count). The highest BCUT2D eigenvalue weighted by Crippen LogP contribution is 2.35. The van der Waals surface area contributed by atoms with E-state index in [1.54, 1.807) is 30.6 Å². The maximum atomic E-state index is 15.2. The van der Waals surface area contributed by atoms with Crippen LogP contribution in [0.5, 0.6) is 11.5 Å². The maximum Gasteiger partial charge on any atom is 0.357 e. The van der Waals surface area contributed by atoms with E-state index in [1.165, 1.54) is 24.5 Å². The Bertz CT molecular complexity index is 2830. The van der Waals surface area contributed by atoms with E-state index in [4.69, 9.17) is 43.5 Å². The second kappa shape index (κ2) is 23.4. The third-order valence-corrected chi connectivity index (χ3v) is 15.1. The first-order valence-corrected chi connectivity index (χ1v) is 28.4. The summed E-state index contributed by atoms with van der Waals surface area (Å²) >= 11 is 2.94. The molecule has 1 saturated heterocycles. The van der Waals surface area contributed by atoms with Crippen molar-refractivity contribution < 1.29 is 37.6 Å². The van der Waals surface area contributed by atoms with Gasteiger partial charge < -0.3 is 33.3 Å². The van der Waals surface area contributed by atoms with Gasteiger partial charge in [-0.15, -0.1) is 21.5 Å². The standard InChI is InChI=1S/C51H62FN7O7S2Si/c1-35-30-45(55-56-47(35)54-50-59(34-63-28-29-69(7,8)9)41-15-10-11-16-43(41)67-50)58(26-24-39-33-65-51(2,3)66-39)49-53-46(48(60)62-6)44(68-49)17-13-27-64-42-23-20-36(31-40(42)52)14-12-25-57(4)32-37-18-21-38(61-5)22-19-37/h10-11,15-16,18-23,30-31,39H,13,17,24-29,32-34H2,1-9H3. The lowest BCUT2D eigenvalue weighted by molar-refractivity contribution is -0.138. The molecule has 69 heavy (non-hydrogen) atoms. The molecular formula is C51H62FN7O7S2Si. The van der Waals surface area contributed by atoms with Crippen molar-refractivity contribution in [2.45, 2.75) is 90.9 Å². The number of carbonyl (C=O) groups excluding carboxylic acids is 1. The van der Waals surface area contributed by atoms with Crippen molar-refractivity contribution >= 4 is 63.7 Å². The number of carbonyl (C=O) groups is 1. The second-order valence-corrected chi connectivity index (χ2v) is 26.2. The first kappa shape index (κ1) is 51.3. The number of hydrogen-bond donors (Lipinski definition) is 0. The van der Waals surface area contributed by atoms with Crippen LogP contribution in [0, 0.1) is 24.6 Å². The molecule has 1 fully saturated rings. The molecule has 0 aliphatic carbocycles. The highest BCUT2D eigenvalue weighted by molar-refractivity contribution is 7.16. The number of aromatic nitrogens is 4. The van der Waals surface area contributed by atoms with Crippen LogP contribution < -0.4 is 19.2 Å². The monoisotopic (exact) mass is 995 g/mol. The smallest absolute Gasteiger partial charge is 0.357 e. The molecular weight excluding hydrogens is 934 g/mol. The highest BCUT2D eigenvalue weighted by Gasteiger charge is 2.33. The average molecular weight is 996 g/mol. The molecule has 3 aromatic carbocycles. The van der Waals surface area contributed by atoms with Crippen LogP contribution in [0.3, 0.4) is 0 Å². The summed E-state index contributed by atoms with van der Waals surface area (Å²) in [6.45, 7) is 16.1. The minimum atomic E-state index is -1.26. The van der Waals surface area contributed by atoms with Gasteiger partial charge in [0.25, 0.3) is 0 Å². The van der Waals surface area contributed by atoms with Gasteiger partial charge >= 0.3 is 5.97 Å². The van der Waals surface area contributed by atoms with Crippen LogP contribution >= 0.6 is 22.7 Å². The number of thiazole rings is 2. The van der Waals surface area contributed by atoms with Gasteiger partial charge in [-0.05, 0) is 113 Å². The Labute approximate surface area is 413 Å². The topological polar surface area (TPSA) is 135 Å². The number of ether oxygens (including phenoxy) is 6. The fraction of sp³-hybridized carbons (Fsp3) is 0.431. The van der Waals surface area contributed by atoms with Gasteiger partial charge in [0.15, 0.2) is 44.6 Å². The Morgan fingerprint density at radius 1 is 1.04 bits per heavy atom. The van der Waals surface area contributed by atoms with E-state index in [2.05, 4.69) is 58.2 Å². The number of anilines is 2. The number of fused-ring (bicyclic) bond motifs is 1. The zero-order valence-electron chi connectivity index (χ0n) is 41.0. The van der Waals surface area contributed by atoms with Crippen LogP contribution in [-0.4, -0.2) is 105 Å². The number of esters is 1. The van der Waals surface area contributed by atoms with Gasteiger partial charge in [-0.3, -0.25) is 9.47 Å². The van der Waals surface area contributed by atoms with Crippen molar-refractivity contribution in [3.63, 3.8) is 0 Å². The molecule has 1 aliphatic rings. The Kier molecular flexibility index (Phi) is 17.4. The molecule has 0 N–H and O–H groups in total. The number of rotatable bonds is 21. The molecule has 0 amide bonds. The Morgan fingerprint density at radius 2 is 1.84 bits per heavy atom. The molecule has 366 valence electrons. The molecule has 18 heteroatoms. The summed E-state index contributed by atoms with van der Waals surface area (Å²) in [4.78, 5) is 28.5. The Morgan fingerprint density at radius 3 is 2.55 bits per heavy atom. The summed E-state index contributed by atoms with van der Waals surface area (Å²) in [7, 11) is 3.70. The molecule has 0 spiro atoms. The normalized spacial score (nSPS) is 14.8. The van der Waals surface area contributed by atoms with Gasteiger partial charge in [-0.25, -0.2) is 14.2 Å². The molecule has 4 heterocycles. The fourth-order valence-corrected chi connectivity index (χ4v) is 10.3. The number of halogens is 1. The number of nitrogens with zero attached hydrogens (tertiary/aromatic N) is 7. The van der Waals surface area contributed by atoms with Crippen LogP contribution in [0.2, 0.25) is 25.7 Å². The van der Waals surface area contributed by atoms with Gasteiger partial charge in [0.1, 0.15) is 12.5 Å². The quantitative estimate of drug-likeness (QED) is 0.0294. The number of para-hydroxylation sites is 1. The lowest BCUT2D eigenvalue weighted by Crippen LogP contribution is -2.26. The SMILES string of the molecule is COC(=O)c1nc(N(CCC2COC(C)(C)O2)c2cc(C)c(N=c3sc4ccccc4n3COCC[Si](C)(C)C)nn2)sc1CCCOc1ccc(C#CCN(C)Cc2ccc(OC)cc2)cc1F. The molecule has 3 aromatic heterocycles. The summed E-state index contributed by atoms with van der Waals surface area (Å²) < 4.78 is 52.9. The zero-order valence-corrected chi connectivity index (χ0v) is 43.6. The van der Waals surface area contributed by atoms with Crippen molar-refractivity contribution in [2.24, 2.45) is 4.99 Å². The second-order valence-electron chi connectivity index (χ2n) is 18.5. The van der Waals surface area contributed by atoms with Crippen molar-refractivity contribution in [3.8, 4) is 23.3 Å². The third-order valence-electron chi connectivity index (χ3n) is 11.2. The lowest BCUT2D eigenvalue weighted by atomic mass is 10.2. The Hall–Kier alpha value is -5.52. The number of methoxy groups -OCH3 is 2. The number of benzene rings is 3. The van der Waals surface area contributed by atoms with Gasteiger partial charge in [0, 0.05) is 38.2 Å². The molecule has 0 saturated carbocycles. The lowest BCUT2D eigenvalue weighted by Gasteiger charge is -2.23. The fourth-order valence-electron chi connectivity index (χ4n) is 7.42. The molecule has 1 unspecified atom stereocenters. The molecule has 6 aromatic rings. The van der Waals surface area contributed by atoms with Crippen molar-refractivity contribution in [3.05, 3.63) is 111 Å². The molecule has 1 aliphatic heterocycles. The largest absolute Gasteiger partial charge is 0.497 e. The third kappa shape index (κ3) is 14.3. The summed E-state index contributed by atoms with van der Waals surface area (Å²) in [5.74, 6) is 6.38. The van der Waals surface area contributed by atoms with Crippen molar-refractivity contribution in [2.75, 3.05) is 59.1 Å². The predicted octanol–water partition coefficient (Wildman–Crippen LogP) is 9.91. The van der Waals surface area contributed by atoms with E-state index in [0.29, 0.717) is 79.5 Å². The zero-order chi connectivity index (χ0) is 49.1. The molecule has 0 bridgehead atoms. The van der Waals surface area contributed by atoms with E-state index in [1.807, 2.05) is 75.2 Å². The van der Waals surface area contributed by atoms with Gasteiger partial charge in [-0.2, -0.15) is 4.99 Å². The summed E-state index contributed by atoms with van der Waals surface area (Å²) in [5.41, 5.74) is 3.74. The average Bonchev–Trinajstić information content (AvgIpc) is 4.01. The summed E-state index contributed by atoms with van der Waals surface area (Å²) in [6, 6.07) is 23.8. The minimum absolute atomic E-state index is 0.125. The van der Waals surface area contributed by atoms with Gasteiger partial charge in [0.2, 0.25) is 0 Å². The highest BCUT2D eigenvalue weighted by atomic mass is 32.1. The van der Waals surface area contributed by atoms with Crippen LogP contribution in [0.25, 0.3) is 10.2 Å². The van der Waals surface area contributed by atoms with Gasteiger partial charge in [-0.1, -0.05) is 67.1 Å². The first-order valence-electron chi connectivity index (χ1n) is 23.0. The van der Waals surface area contributed by atoms with Gasteiger partial charge in [0.05, 0.1) is 50.3 Å². The number of hydrogen-bond acceptors (Lipinski definition) is 15. The number of aryl methyl sites for hydroxylation is 2. The van der Waals surface area contributed by atoms with Crippen LogP contribution in [-0.2, 0) is 38.6 Å². The first-order chi connectivity index (χ1) is 33.1. The van der Waals surface area contributed by atoms with Crippen molar-refractivity contribution in [1.82, 2.24) is 24.6 Å². The van der Waals surface area contributed by atoms with E-state index < -0.39 is 25.6 Å². The molecule has 1 atom stereocenters. The van der Waals surface area contributed by atoms with Crippen LogP contribution in [0.1, 0.15) is 58.7 Å². The molecule has 14 nitrogen and oxygen atoms in total. The molecule has 0 radical (unpaired) electrons. The Balaban J connectivity index is 1.05. The van der Waals surface area contributed by atoms with Crippen LogP contribution in [0.4, 0.5) is 21.2 Å². The maximum absolute atomic E-state index is 15.2. The van der Waals surface area contributed by atoms with Crippen LogP contribution in [0.15, 0.2) is 77.8 Å². The summed E-state index contributed by atoms with van der Waals surface area (Å²) in [6.07, 6.45) is 1.33. The van der Waals surface area contributed by atoms with Crippen molar-refractivity contribution in [1.29, 1.82) is 0 Å². The van der Waals surface area contributed by atoms with E-state index in [9.17, 15) is 4.79 Å². The predicted molar refractivity (Wildman–Crippen MR) is 272 cm³/mol. The van der Waals surface area contributed by atoms with E-state index in [-0.39, 0.29) is 24.2 Å². The minimum Gasteiger partial charge on any atom is -0.497 e. The van der Waals surface area contributed by atoms with E-state index in [0.717, 1.165) is 44.5 Å². The van der Waals surface area contributed by atoms with E-state index >= 15 is 4.39 Å². The summed E-state index contributed by atoms with van der Waals surface area (Å²) in [5, 5.41) is 9.90.